The van der Waals surface area contributed by atoms with Gasteiger partial charge in [0.15, 0.2) is 5.58 Å². The summed E-state index contributed by atoms with van der Waals surface area (Å²) < 4.78 is 72.1. The number of amides is 1. The van der Waals surface area contributed by atoms with Gasteiger partial charge >= 0.3 is 11.8 Å². The van der Waals surface area contributed by atoms with E-state index in [1.54, 1.807) is 43.9 Å². The molecule has 3 aromatic carbocycles. The molecule has 16 heteroatoms. The van der Waals surface area contributed by atoms with E-state index in [2.05, 4.69) is 9.36 Å². The van der Waals surface area contributed by atoms with E-state index >= 15 is 4.39 Å². The van der Waals surface area contributed by atoms with Crippen LogP contribution < -0.4 is 19.5 Å². The van der Waals surface area contributed by atoms with Crippen LogP contribution in [-0.2, 0) is 40.8 Å². The third kappa shape index (κ3) is 6.83. The lowest BCUT2D eigenvalue weighted by molar-refractivity contribution is 0.0223. The topological polar surface area (TPSA) is 146 Å². The van der Waals surface area contributed by atoms with Crippen LogP contribution in [-0.4, -0.2) is 59.7 Å². The summed E-state index contributed by atoms with van der Waals surface area (Å²) in [7, 11) is -1.70. The van der Waals surface area contributed by atoms with Gasteiger partial charge < -0.3 is 23.5 Å². The van der Waals surface area contributed by atoms with Gasteiger partial charge in [0, 0.05) is 48.4 Å². The zero-order valence-electron chi connectivity index (χ0n) is 27.4. The zero-order valence-corrected chi connectivity index (χ0v) is 29.1. The maximum absolute atomic E-state index is 16.0. The summed E-state index contributed by atoms with van der Waals surface area (Å²) in [5, 5.41) is -0.00864. The van der Waals surface area contributed by atoms with Gasteiger partial charge in [-0.1, -0.05) is 18.2 Å². The van der Waals surface area contributed by atoms with Gasteiger partial charge in [-0.3, -0.25) is 4.57 Å². The van der Waals surface area contributed by atoms with Crippen LogP contribution in [0.1, 0.15) is 43.0 Å². The summed E-state index contributed by atoms with van der Waals surface area (Å²) in [4.78, 5) is 31.0. The Bertz CT molecular complexity index is 2190. The molecule has 0 N–H and O–H groups in total. The Hall–Kier alpha value is -4.96. The second kappa shape index (κ2) is 13.2. The van der Waals surface area contributed by atoms with E-state index in [0.717, 1.165) is 44.7 Å². The fourth-order valence-corrected chi connectivity index (χ4v) is 7.85. The number of carbonyl (C=O) groups is 1. The van der Waals surface area contributed by atoms with Crippen LogP contribution in [0.4, 0.5) is 14.3 Å². The standard InChI is InChI=1S/C33H34FN5O8S2/c1-33(2,3)47-31(40)37-12-11-20-7-6-8-21(24(20)18-37)16-38-26-14-25(34)29(15-28(26)46-32(38)41)49(42,43)39(30-35-19-36-48-30)17-22-9-10-23(44-4)13-27(22)45-5/h6-10,13-15,19H,11-12,16-18H2,1-5H3. The molecule has 258 valence electrons. The smallest absolute Gasteiger partial charge is 0.420 e. The van der Waals surface area contributed by atoms with Gasteiger partial charge in [-0.25, -0.2) is 31.7 Å². The average molecular weight is 712 g/mol. The summed E-state index contributed by atoms with van der Waals surface area (Å²) in [5.74, 6) is -1.05. The minimum absolute atomic E-state index is 0.00310. The number of oxazole rings is 1. The number of aromatic nitrogens is 3. The Morgan fingerprint density at radius 2 is 1.90 bits per heavy atom. The first-order valence-electron chi connectivity index (χ1n) is 15.2. The molecule has 0 bridgehead atoms. The molecule has 1 amide bonds. The third-order valence-electron chi connectivity index (χ3n) is 8.01. The predicted octanol–water partition coefficient (Wildman–Crippen LogP) is 5.34. The number of methoxy groups -OCH3 is 2. The van der Waals surface area contributed by atoms with E-state index < -0.39 is 38.2 Å². The SMILES string of the molecule is COc1ccc(CN(c2ncns2)S(=O)(=O)c2cc3oc(=O)n(Cc4cccc5c4CN(C(=O)OC(C)(C)C)CC5)c3cc2F)c(OC)c1. The van der Waals surface area contributed by atoms with Gasteiger partial charge in [0.25, 0.3) is 10.0 Å². The van der Waals surface area contributed by atoms with Crippen molar-refractivity contribution in [2.45, 2.75) is 57.3 Å². The first-order chi connectivity index (χ1) is 23.3. The largest absolute Gasteiger partial charge is 0.497 e. The van der Waals surface area contributed by atoms with E-state index in [-0.39, 0.29) is 35.9 Å². The van der Waals surface area contributed by atoms with Crippen molar-refractivity contribution in [2.24, 2.45) is 0 Å². The fraction of sp³-hybridized carbons (Fsp3) is 0.333. The summed E-state index contributed by atoms with van der Waals surface area (Å²) in [5.41, 5.74) is 2.33. The van der Waals surface area contributed by atoms with Crippen LogP contribution in [0.25, 0.3) is 11.1 Å². The van der Waals surface area contributed by atoms with Crippen molar-refractivity contribution in [1.29, 1.82) is 0 Å². The minimum Gasteiger partial charge on any atom is -0.497 e. The van der Waals surface area contributed by atoms with Crippen LogP contribution in [0.5, 0.6) is 11.5 Å². The number of benzene rings is 3. The van der Waals surface area contributed by atoms with Crippen molar-refractivity contribution in [3.63, 3.8) is 0 Å². The Morgan fingerprint density at radius 1 is 1.10 bits per heavy atom. The molecule has 0 atom stereocenters. The zero-order chi connectivity index (χ0) is 35.1. The summed E-state index contributed by atoms with van der Waals surface area (Å²) in [6, 6.07) is 12.5. The Morgan fingerprint density at radius 3 is 2.59 bits per heavy atom. The molecule has 0 aliphatic carbocycles. The lowest BCUT2D eigenvalue weighted by Crippen LogP contribution is -2.40. The van der Waals surface area contributed by atoms with Crippen molar-refractivity contribution in [1.82, 2.24) is 18.8 Å². The van der Waals surface area contributed by atoms with Crippen molar-refractivity contribution in [3.05, 3.63) is 93.5 Å². The molecule has 0 fully saturated rings. The normalized spacial score (nSPS) is 13.3. The highest BCUT2D eigenvalue weighted by molar-refractivity contribution is 7.93. The lowest BCUT2D eigenvalue weighted by atomic mass is 9.95. The van der Waals surface area contributed by atoms with E-state index in [9.17, 15) is 18.0 Å². The van der Waals surface area contributed by atoms with Crippen LogP contribution >= 0.6 is 11.5 Å². The van der Waals surface area contributed by atoms with Gasteiger partial charge in [0.2, 0.25) is 5.13 Å². The molecule has 0 saturated heterocycles. The molecule has 6 rings (SSSR count). The molecule has 49 heavy (non-hydrogen) atoms. The molecule has 0 saturated carbocycles. The van der Waals surface area contributed by atoms with Gasteiger partial charge in [0.05, 0.1) is 32.8 Å². The Kier molecular flexibility index (Phi) is 9.11. The number of ether oxygens (including phenoxy) is 3. The molecule has 13 nitrogen and oxygen atoms in total. The highest BCUT2D eigenvalue weighted by Gasteiger charge is 2.33. The van der Waals surface area contributed by atoms with E-state index in [4.69, 9.17) is 18.6 Å². The molecule has 0 unspecified atom stereocenters. The molecule has 1 aliphatic heterocycles. The quantitative estimate of drug-likeness (QED) is 0.196. The minimum atomic E-state index is -4.63. The van der Waals surface area contributed by atoms with Gasteiger partial charge in [-0.15, -0.1) is 0 Å². The summed E-state index contributed by atoms with van der Waals surface area (Å²) in [6.07, 6.45) is 1.34. The van der Waals surface area contributed by atoms with Crippen molar-refractivity contribution >= 4 is 43.9 Å². The highest BCUT2D eigenvalue weighted by atomic mass is 32.2. The average Bonchev–Trinajstić information content (AvgIpc) is 3.70. The summed E-state index contributed by atoms with van der Waals surface area (Å²) in [6.45, 7) is 5.86. The maximum atomic E-state index is 16.0. The number of sulfonamides is 1. The molecule has 2 aromatic heterocycles. The second-order valence-electron chi connectivity index (χ2n) is 12.3. The fourth-order valence-electron chi connectivity index (χ4n) is 5.65. The number of nitrogens with zero attached hydrogens (tertiary/aromatic N) is 5. The van der Waals surface area contributed by atoms with Crippen molar-refractivity contribution in [3.8, 4) is 11.5 Å². The molecular formula is C33H34FN5O8S2. The maximum Gasteiger partial charge on any atom is 0.420 e. The molecular weight excluding hydrogens is 678 g/mol. The first-order valence-corrected chi connectivity index (χ1v) is 17.4. The highest BCUT2D eigenvalue weighted by Crippen LogP contribution is 2.34. The molecule has 5 aromatic rings. The van der Waals surface area contributed by atoms with E-state index in [1.165, 1.54) is 25.1 Å². The summed E-state index contributed by atoms with van der Waals surface area (Å²) >= 11 is 0.813. The number of fused-ring (bicyclic) bond motifs is 2. The van der Waals surface area contributed by atoms with Crippen LogP contribution in [0.3, 0.4) is 0 Å². The molecule has 0 radical (unpaired) electrons. The van der Waals surface area contributed by atoms with Crippen LogP contribution in [0, 0.1) is 5.82 Å². The molecule has 0 spiro atoms. The number of rotatable bonds is 9. The number of carbonyl (C=O) groups excluding carboxylic acids is 1. The molecule has 1 aliphatic rings. The van der Waals surface area contributed by atoms with Crippen LogP contribution in [0.15, 0.2) is 69.0 Å². The van der Waals surface area contributed by atoms with Crippen molar-refractivity contribution < 1.29 is 36.2 Å². The third-order valence-corrected chi connectivity index (χ3v) is 10.6. The van der Waals surface area contributed by atoms with Crippen LogP contribution in [0.2, 0.25) is 0 Å². The number of hydrogen-bond acceptors (Lipinski definition) is 11. The van der Waals surface area contributed by atoms with Crippen molar-refractivity contribution in [2.75, 3.05) is 25.1 Å². The Balaban J connectivity index is 1.35. The monoisotopic (exact) mass is 711 g/mol. The predicted molar refractivity (Wildman–Crippen MR) is 179 cm³/mol. The second-order valence-corrected chi connectivity index (χ2v) is 14.9. The van der Waals surface area contributed by atoms with Gasteiger partial charge in [-0.2, -0.15) is 4.37 Å². The number of anilines is 1. The van der Waals surface area contributed by atoms with E-state index in [0.29, 0.717) is 30.0 Å². The lowest BCUT2D eigenvalue weighted by Gasteiger charge is -2.32. The van der Waals surface area contributed by atoms with E-state index in [1.807, 2.05) is 18.2 Å². The Labute approximate surface area is 285 Å². The number of halogens is 1. The van der Waals surface area contributed by atoms with Gasteiger partial charge in [0.1, 0.15) is 34.1 Å². The number of hydrogen-bond donors (Lipinski definition) is 0. The van der Waals surface area contributed by atoms with Gasteiger partial charge in [-0.05, 0) is 56.0 Å². The molecule has 3 heterocycles. The first kappa shape index (κ1) is 33.9.